The third-order valence-electron chi connectivity index (χ3n) is 3.73. The van der Waals surface area contributed by atoms with E-state index in [1.807, 2.05) is 12.1 Å². The molecule has 1 fully saturated rings. The van der Waals surface area contributed by atoms with Crippen molar-refractivity contribution in [1.82, 2.24) is 14.9 Å². The molecule has 19 heavy (non-hydrogen) atoms. The van der Waals surface area contributed by atoms with E-state index < -0.39 is 0 Å². The summed E-state index contributed by atoms with van der Waals surface area (Å²) in [6.07, 6.45) is 3.82. The van der Waals surface area contributed by atoms with Crippen LogP contribution in [0.15, 0.2) is 29.3 Å². The molecule has 1 N–H and O–H groups in total. The number of aromatic nitrogens is 2. The number of likely N-dealkylation sites (N-methyl/N-ethyl adjacent to an activating group) is 1. The number of nitrogens with zero attached hydrogens (tertiary/aromatic N) is 2. The predicted octanol–water partition coefficient (Wildman–Crippen LogP) is 1.40. The van der Waals surface area contributed by atoms with Crippen LogP contribution in [0, 0.1) is 0 Å². The lowest BCUT2D eigenvalue weighted by Gasteiger charge is -2.19. The Balaban J connectivity index is 1.78. The minimum absolute atomic E-state index is 0.131. The van der Waals surface area contributed by atoms with Gasteiger partial charge in [-0.1, -0.05) is 0 Å². The molecule has 0 amide bonds. The van der Waals surface area contributed by atoms with E-state index in [9.17, 15) is 4.79 Å². The van der Waals surface area contributed by atoms with Gasteiger partial charge >= 0.3 is 0 Å². The van der Waals surface area contributed by atoms with Crippen LogP contribution in [0.2, 0.25) is 0 Å². The summed E-state index contributed by atoms with van der Waals surface area (Å²) >= 11 is 0. The average molecular weight is 259 g/mol. The molecular formula is C14H17N3O2. The molecule has 5 heteroatoms. The summed E-state index contributed by atoms with van der Waals surface area (Å²) in [6, 6.07) is 5.92. The van der Waals surface area contributed by atoms with Crippen LogP contribution in [0.25, 0.3) is 10.9 Å². The van der Waals surface area contributed by atoms with E-state index in [1.165, 1.54) is 19.2 Å². The zero-order valence-electron chi connectivity index (χ0n) is 10.9. The molecule has 3 rings (SSSR count). The van der Waals surface area contributed by atoms with Crippen LogP contribution in [-0.2, 0) is 0 Å². The monoisotopic (exact) mass is 259 g/mol. The Kier molecular flexibility index (Phi) is 3.21. The molecule has 0 aliphatic carbocycles. The number of hydrogen-bond acceptors (Lipinski definition) is 4. The van der Waals surface area contributed by atoms with Gasteiger partial charge in [0.15, 0.2) is 0 Å². The fourth-order valence-corrected chi connectivity index (χ4v) is 2.52. The van der Waals surface area contributed by atoms with Gasteiger partial charge in [0.2, 0.25) is 0 Å². The Labute approximate surface area is 111 Å². The third-order valence-corrected chi connectivity index (χ3v) is 3.73. The van der Waals surface area contributed by atoms with Gasteiger partial charge in [-0.25, -0.2) is 4.98 Å². The van der Waals surface area contributed by atoms with Crippen molar-refractivity contribution in [2.75, 3.05) is 20.2 Å². The molecule has 0 unspecified atom stereocenters. The molecule has 0 radical (unpaired) electrons. The number of fused-ring (bicyclic) bond motifs is 1. The molecule has 1 aromatic carbocycles. The average Bonchev–Trinajstić information content (AvgIpc) is 2.83. The summed E-state index contributed by atoms with van der Waals surface area (Å²) in [5.41, 5.74) is 0.558. The van der Waals surface area contributed by atoms with E-state index in [2.05, 4.69) is 21.9 Å². The molecule has 0 saturated carbocycles. The number of nitrogens with one attached hydrogen (secondary N) is 1. The summed E-state index contributed by atoms with van der Waals surface area (Å²) in [6.45, 7) is 1.80. The topological polar surface area (TPSA) is 58.2 Å². The van der Waals surface area contributed by atoms with Crippen molar-refractivity contribution >= 4 is 10.9 Å². The summed E-state index contributed by atoms with van der Waals surface area (Å²) in [5, 5.41) is 0.569. The zero-order chi connectivity index (χ0) is 13.2. The van der Waals surface area contributed by atoms with Gasteiger partial charge in [-0.3, -0.25) is 4.79 Å². The van der Waals surface area contributed by atoms with Crippen molar-refractivity contribution in [3.8, 4) is 5.75 Å². The van der Waals surface area contributed by atoms with E-state index in [1.54, 1.807) is 6.07 Å². The Morgan fingerprint density at radius 3 is 3.21 bits per heavy atom. The van der Waals surface area contributed by atoms with Crippen LogP contribution in [0.1, 0.15) is 12.8 Å². The molecular weight excluding hydrogens is 242 g/mol. The van der Waals surface area contributed by atoms with Crippen molar-refractivity contribution in [2.45, 2.75) is 18.9 Å². The van der Waals surface area contributed by atoms with Crippen LogP contribution in [0.5, 0.6) is 5.75 Å². The van der Waals surface area contributed by atoms with Crippen LogP contribution < -0.4 is 10.3 Å². The van der Waals surface area contributed by atoms with Gasteiger partial charge in [-0.2, -0.15) is 0 Å². The highest BCUT2D eigenvalue weighted by Crippen LogP contribution is 2.19. The first kappa shape index (κ1) is 12.2. The number of rotatable bonds is 3. The molecule has 0 spiro atoms. The number of aromatic amines is 1. The van der Waals surface area contributed by atoms with Crippen LogP contribution >= 0.6 is 0 Å². The van der Waals surface area contributed by atoms with Crippen molar-refractivity contribution in [3.63, 3.8) is 0 Å². The van der Waals surface area contributed by atoms with E-state index in [0.717, 1.165) is 12.3 Å². The molecule has 1 aromatic heterocycles. The van der Waals surface area contributed by atoms with Crippen LogP contribution in [-0.4, -0.2) is 41.1 Å². The lowest BCUT2D eigenvalue weighted by atomic mass is 10.2. The summed E-state index contributed by atoms with van der Waals surface area (Å²) in [4.78, 5) is 20.7. The fourth-order valence-electron chi connectivity index (χ4n) is 2.52. The Bertz CT molecular complexity index is 638. The zero-order valence-corrected chi connectivity index (χ0v) is 10.9. The first-order valence-electron chi connectivity index (χ1n) is 6.54. The van der Waals surface area contributed by atoms with Gasteiger partial charge in [0.05, 0.1) is 17.2 Å². The van der Waals surface area contributed by atoms with Crippen molar-refractivity contribution in [1.29, 1.82) is 0 Å². The fraction of sp³-hybridized carbons (Fsp3) is 0.429. The number of likely N-dealkylation sites (tertiary alicyclic amines) is 1. The first-order valence-corrected chi connectivity index (χ1v) is 6.54. The van der Waals surface area contributed by atoms with Gasteiger partial charge in [-0.15, -0.1) is 0 Å². The molecule has 0 bridgehead atoms. The molecule has 100 valence electrons. The highest BCUT2D eigenvalue weighted by Gasteiger charge is 2.21. The predicted molar refractivity (Wildman–Crippen MR) is 73.5 cm³/mol. The van der Waals surface area contributed by atoms with Crippen LogP contribution in [0.3, 0.4) is 0 Å². The van der Waals surface area contributed by atoms with E-state index in [0.29, 0.717) is 23.6 Å². The number of H-pyrrole nitrogens is 1. The molecule has 2 aromatic rings. The van der Waals surface area contributed by atoms with Gasteiger partial charge in [0.25, 0.3) is 5.56 Å². The minimum Gasteiger partial charge on any atom is -0.492 e. The van der Waals surface area contributed by atoms with Gasteiger partial charge in [0, 0.05) is 6.04 Å². The Morgan fingerprint density at radius 2 is 2.42 bits per heavy atom. The Morgan fingerprint density at radius 1 is 1.53 bits per heavy atom. The van der Waals surface area contributed by atoms with E-state index in [4.69, 9.17) is 4.74 Å². The molecule has 1 aliphatic heterocycles. The maximum absolute atomic E-state index is 11.7. The van der Waals surface area contributed by atoms with Crippen molar-refractivity contribution in [3.05, 3.63) is 34.9 Å². The lowest BCUT2D eigenvalue weighted by molar-refractivity contribution is 0.198. The van der Waals surface area contributed by atoms with Crippen molar-refractivity contribution < 1.29 is 4.74 Å². The smallest absolute Gasteiger partial charge is 0.258 e. The second kappa shape index (κ2) is 5.01. The van der Waals surface area contributed by atoms with Gasteiger partial charge < -0.3 is 14.6 Å². The van der Waals surface area contributed by atoms with Crippen molar-refractivity contribution in [2.24, 2.45) is 0 Å². The highest BCUT2D eigenvalue weighted by atomic mass is 16.5. The maximum atomic E-state index is 11.7. The first-order chi connectivity index (χ1) is 9.24. The van der Waals surface area contributed by atoms with Gasteiger partial charge in [0.1, 0.15) is 12.4 Å². The maximum Gasteiger partial charge on any atom is 0.258 e. The molecule has 5 nitrogen and oxygen atoms in total. The summed E-state index contributed by atoms with van der Waals surface area (Å²) in [5.74, 6) is 0.728. The highest BCUT2D eigenvalue weighted by molar-refractivity contribution is 5.78. The summed E-state index contributed by atoms with van der Waals surface area (Å²) < 4.78 is 5.80. The molecule has 1 aliphatic rings. The number of benzene rings is 1. The Hall–Kier alpha value is -1.88. The molecule has 2 heterocycles. The van der Waals surface area contributed by atoms with E-state index in [-0.39, 0.29) is 5.56 Å². The molecule has 1 saturated heterocycles. The summed E-state index contributed by atoms with van der Waals surface area (Å²) in [7, 11) is 2.12. The number of ether oxygens (including phenoxy) is 1. The van der Waals surface area contributed by atoms with Gasteiger partial charge in [-0.05, 0) is 44.6 Å². The quantitative estimate of drug-likeness (QED) is 0.905. The van der Waals surface area contributed by atoms with E-state index >= 15 is 0 Å². The standard InChI is InChI=1S/C14H17N3O2/c1-17-6-2-3-10(17)8-19-11-4-5-13-12(7-11)14(18)16-9-15-13/h4-5,7,9-10H,2-3,6,8H2,1H3,(H,15,16,18)/t10-/m1/s1. The SMILES string of the molecule is CN1CCC[C@@H]1COc1ccc2nc[nH]c(=O)c2c1. The van der Waals surface area contributed by atoms with Crippen LogP contribution in [0.4, 0.5) is 0 Å². The normalized spacial score (nSPS) is 19.9. The lowest BCUT2D eigenvalue weighted by Crippen LogP contribution is -2.30. The second-order valence-electron chi connectivity index (χ2n) is 5.00. The second-order valence-corrected chi connectivity index (χ2v) is 5.00. The minimum atomic E-state index is -0.131. The third kappa shape index (κ3) is 2.46. The largest absolute Gasteiger partial charge is 0.492 e. The molecule has 1 atom stereocenters. The number of hydrogen-bond donors (Lipinski definition) is 1.